The first-order valence-electron chi connectivity index (χ1n) is 11.2. The predicted molar refractivity (Wildman–Crippen MR) is 133 cm³/mol. The van der Waals surface area contributed by atoms with Crippen LogP contribution in [-0.2, 0) is 13.0 Å². The first-order chi connectivity index (χ1) is 16.3. The standard InChI is InChI=1S/C29H26N2O2/c1-32-25-10-7-11-26(21-25)33-19-18-31-28-13-6-5-12-27(28)30-29(31)20-22-14-16-24(17-15-22)23-8-3-2-4-9-23/h2-17,21H,18-20H2,1H3. The third-order valence-electron chi connectivity index (χ3n) is 5.78. The van der Waals surface area contributed by atoms with Crippen molar-refractivity contribution in [1.82, 2.24) is 9.55 Å². The van der Waals surface area contributed by atoms with Crippen LogP contribution in [0, 0.1) is 0 Å². The summed E-state index contributed by atoms with van der Waals surface area (Å²) in [4.78, 5) is 4.93. The minimum Gasteiger partial charge on any atom is -0.497 e. The van der Waals surface area contributed by atoms with E-state index in [4.69, 9.17) is 14.5 Å². The van der Waals surface area contributed by atoms with E-state index in [-0.39, 0.29) is 0 Å². The van der Waals surface area contributed by atoms with Crippen molar-refractivity contribution in [3.8, 4) is 22.6 Å². The fourth-order valence-corrected chi connectivity index (χ4v) is 4.08. The smallest absolute Gasteiger partial charge is 0.123 e. The quantitative estimate of drug-likeness (QED) is 0.284. The number of rotatable bonds is 8. The molecule has 0 spiro atoms. The molecule has 1 heterocycles. The molecule has 0 amide bonds. The van der Waals surface area contributed by atoms with Crippen LogP contribution >= 0.6 is 0 Å². The van der Waals surface area contributed by atoms with Gasteiger partial charge in [-0.2, -0.15) is 0 Å². The normalized spacial score (nSPS) is 10.9. The van der Waals surface area contributed by atoms with Crippen molar-refractivity contribution in [2.24, 2.45) is 0 Å². The van der Waals surface area contributed by atoms with Crippen LogP contribution < -0.4 is 9.47 Å². The average Bonchev–Trinajstić information content (AvgIpc) is 3.22. The molecule has 0 radical (unpaired) electrons. The van der Waals surface area contributed by atoms with E-state index in [0.29, 0.717) is 6.61 Å². The highest BCUT2D eigenvalue weighted by Gasteiger charge is 2.12. The predicted octanol–water partition coefficient (Wildman–Crippen LogP) is 6.38. The number of aromatic nitrogens is 2. The van der Waals surface area contributed by atoms with Crippen molar-refractivity contribution in [1.29, 1.82) is 0 Å². The molecule has 0 aliphatic carbocycles. The van der Waals surface area contributed by atoms with Crippen molar-refractivity contribution in [2.45, 2.75) is 13.0 Å². The van der Waals surface area contributed by atoms with Gasteiger partial charge < -0.3 is 14.0 Å². The van der Waals surface area contributed by atoms with Gasteiger partial charge in [-0.1, -0.05) is 72.8 Å². The van der Waals surface area contributed by atoms with E-state index in [1.54, 1.807) is 7.11 Å². The van der Waals surface area contributed by atoms with Gasteiger partial charge in [0.05, 0.1) is 24.7 Å². The average molecular weight is 435 g/mol. The zero-order chi connectivity index (χ0) is 22.5. The SMILES string of the molecule is COc1cccc(OCCn2c(Cc3ccc(-c4ccccc4)cc3)nc3ccccc32)c1. The lowest BCUT2D eigenvalue weighted by molar-refractivity contribution is 0.296. The molecule has 33 heavy (non-hydrogen) atoms. The van der Waals surface area contributed by atoms with E-state index in [1.807, 2.05) is 36.4 Å². The Morgan fingerprint density at radius 2 is 1.45 bits per heavy atom. The van der Waals surface area contributed by atoms with Gasteiger partial charge in [0.25, 0.3) is 0 Å². The Morgan fingerprint density at radius 3 is 2.27 bits per heavy atom. The molecule has 4 aromatic carbocycles. The molecule has 0 saturated heterocycles. The van der Waals surface area contributed by atoms with E-state index in [0.717, 1.165) is 41.3 Å². The van der Waals surface area contributed by atoms with Gasteiger partial charge in [-0.3, -0.25) is 0 Å². The number of methoxy groups -OCH3 is 1. The van der Waals surface area contributed by atoms with Crippen molar-refractivity contribution < 1.29 is 9.47 Å². The minimum absolute atomic E-state index is 0.549. The van der Waals surface area contributed by atoms with Crippen molar-refractivity contribution >= 4 is 11.0 Å². The first-order valence-corrected chi connectivity index (χ1v) is 11.2. The number of hydrogen-bond donors (Lipinski definition) is 0. The maximum absolute atomic E-state index is 6.01. The maximum Gasteiger partial charge on any atom is 0.123 e. The molecule has 5 aromatic rings. The summed E-state index contributed by atoms with van der Waals surface area (Å²) >= 11 is 0. The van der Waals surface area contributed by atoms with E-state index in [9.17, 15) is 0 Å². The van der Waals surface area contributed by atoms with Crippen molar-refractivity contribution in [3.05, 3.63) is 115 Å². The molecule has 4 nitrogen and oxygen atoms in total. The summed E-state index contributed by atoms with van der Waals surface area (Å²) in [5.41, 5.74) is 5.82. The molecule has 0 N–H and O–H groups in total. The van der Waals surface area contributed by atoms with Crippen molar-refractivity contribution in [2.75, 3.05) is 13.7 Å². The molecule has 0 saturated carbocycles. The molecule has 0 unspecified atom stereocenters. The van der Waals surface area contributed by atoms with Crippen LogP contribution in [-0.4, -0.2) is 23.3 Å². The minimum atomic E-state index is 0.549. The number of hydrogen-bond acceptors (Lipinski definition) is 3. The van der Waals surface area contributed by atoms with Gasteiger partial charge in [-0.25, -0.2) is 4.98 Å². The number of fused-ring (bicyclic) bond motifs is 1. The summed E-state index contributed by atoms with van der Waals surface area (Å²) in [6.07, 6.45) is 0.767. The second kappa shape index (κ2) is 9.61. The van der Waals surface area contributed by atoms with E-state index >= 15 is 0 Å². The summed E-state index contributed by atoms with van der Waals surface area (Å²) in [7, 11) is 1.66. The van der Waals surface area contributed by atoms with Crippen LogP contribution in [0.5, 0.6) is 11.5 Å². The third kappa shape index (κ3) is 4.75. The molecule has 4 heteroatoms. The van der Waals surface area contributed by atoms with Gasteiger partial charge in [0.1, 0.15) is 23.9 Å². The monoisotopic (exact) mass is 434 g/mol. The van der Waals surface area contributed by atoms with E-state index in [2.05, 4.69) is 71.3 Å². The summed E-state index contributed by atoms with van der Waals surface area (Å²) in [6.45, 7) is 1.27. The van der Waals surface area contributed by atoms with Gasteiger partial charge >= 0.3 is 0 Å². The van der Waals surface area contributed by atoms with Crippen molar-refractivity contribution in [3.63, 3.8) is 0 Å². The molecule has 0 bridgehead atoms. The second-order valence-corrected chi connectivity index (χ2v) is 7.94. The van der Waals surface area contributed by atoms with E-state index in [1.165, 1.54) is 16.7 Å². The third-order valence-corrected chi connectivity index (χ3v) is 5.78. The lowest BCUT2D eigenvalue weighted by Crippen LogP contribution is -2.11. The fraction of sp³-hybridized carbons (Fsp3) is 0.138. The van der Waals surface area contributed by atoms with Crippen LogP contribution in [0.4, 0.5) is 0 Å². The number of para-hydroxylation sites is 2. The molecule has 0 fully saturated rings. The van der Waals surface area contributed by atoms with Crippen LogP contribution in [0.3, 0.4) is 0 Å². The molecular formula is C29H26N2O2. The lowest BCUT2D eigenvalue weighted by atomic mass is 10.0. The number of nitrogens with zero attached hydrogens (tertiary/aromatic N) is 2. The highest BCUT2D eigenvalue weighted by atomic mass is 16.5. The Hall–Kier alpha value is -4.05. The van der Waals surface area contributed by atoms with E-state index < -0.39 is 0 Å². The molecule has 0 aliphatic rings. The number of benzene rings is 4. The molecule has 5 rings (SSSR count). The fourth-order valence-electron chi connectivity index (χ4n) is 4.08. The van der Waals surface area contributed by atoms with Crippen LogP contribution in [0.2, 0.25) is 0 Å². The Labute approximate surface area is 194 Å². The molecule has 164 valence electrons. The van der Waals surface area contributed by atoms with Crippen LogP contribution in [0.15, 0.2) is 103 Å². The van der Waals surface area contributed by atoms with Gasteiger partial charge in [0.15, 0.2) is 0 Å². The Kier molecular flexibility index (Phi) is 6.07. The summed E-state index contributed by atoms with van der Waals surface area (Å²) in [6, 6.07) is 35.2. The van der Waals surface area contributed by atoms with Gasteiger partial charge in [-0.15, -0.1) is 0 Å². The first kappa shape index (κ1) is 20.8. The Morgan fingerprint density at radius 1 is 0.727 bits per heavy atom. The zero-order valence-corrected chi connectivity index (χ0v) is 18.6. The highest BCUT2D eigenvalue weighted by Crippen LogP contribution is 2.23. The highest BCUT2D eigenvalue weighted by molar-refractivity contribution is 5.76. The summed E-state index contributed by atoms with van der Waals surface area (Å²) in [5, 5.41) is 0. The Bertz CT molecular complexity index is 1340. The summed E-state index contributed by atoms with van der Waals surface area (Å²) in [5.74, 6) is 2.63. The van der Waals surface area contributed by atoms with Crippen LogP contribution in [0.1, 0.15) is 11.4 Å². The second-order valence-electron chi connectivity index (χ2n) is 7.94. The van der Waals surface area contributed by atoms with Crippen LogP contribution in [0.25, 0.3) is 22.2 Å². The van der Waals surface area contributed by atoms with Gasteiger partial charge in [0.2, 0.25) is 0 Å². The zero-order valence-electron chi connectivity index (χ0n) is 18.6. The maximum atomic E-state index is 6.01. The Balaban J connectivity index is 1.35. The van der Waals surface area contributed by atoms with Gasteiger partial charge in [-0.05, 0) is 41.0 Å². The summed E-state index contributed by atoms with van der Waals surface area (Å²) < 4.78 is 13.6. The largest absolute Gasteiger partial charge is 0.497 e. The molecule has 1 aromatic heterocycles. The molecule has 0 aliphatic heterocycles. The van der Waals surface area contributed by atoms with Gasteiger partial charge in [0, 0.05) is 12.5 Å². The number of imidazole rings is 1. The number of ether oxygens (including phenoxy) is 2. The topological polar surface area (TPSA) is 36.3 Å². The molecule has 0 atom stereocenters. The molecular weight excluding hydrogens is 408 g/mol. The lowest BCUT2D eigenvalue weighted by Gasteiger charge is -2.12.